The van der Waals surface area contributed by atoms with Gasteiger partial charge in [0, 0.05) is 6.04 Å². The third kappa shape index (κ3) is 6.94. The third-order valence-corrected chi connectivity index (χ3v) is 3.06. The van der Waals surface area contributed by atoms with Gasteiger partial charge < -0.3 is 4.90 Å². The highest BCUT2D eigenvalue weighted by atomic mass is 15.1. The van der Waals surface area contributed by atoms with E-state index < -0.39 is 0 Å². The van der Waals surface area contributed by atoms with E-state index in [1.54, 1.807) is 0 Å². The molecule has 0 heterocycles. The van der Waals surface area contributed by atoms with Gasteiger partial charge in [-0.25, -0.2) is 0 Å². The van der Waals surface area contributed by atoms with Crippen LogP contribution < -0.4 is 0 Å². The predicted molar refractivity (Wildman–Crippen MR) is 72.4 cm³/mol. The van der Waals surface area contributed by atoms with E-state index in [1.807, 2.05) is 27.7 Å². The van der Waals surface area contributed by atoms with Gasteiger partial charge in [0.25, 0.3) is 0 Å². The van der Waals surface area contributed by atoms with E-state index in [9.17, 15) is 0 Å². The van der Waals surface area contributed by atoms with Gasteiger partial charge in [-0.2, -0.15) is 0 Å². The van der Waals surface area contributed by atoms with E-state index in [4.69, 9.17) is 0 Å². The quantitative estimate of drug-likeness (QED) is 0.652. The molecule has 15 heavy (non-hydrogen) atoms. The molecule has 94 valence electrons. The molecule has 0 N–H and O–H groups in total. The average Bonchev–Trinajstić information content (AvgIpc) is 2.34. The smallest absolute Gasteiger partial charge is 0.0117 e. The molecule has 0 aromatic rings. The first-order valence-electron chi connectivity index (χ1n) is 6.92. The Morgan fingerprint density at radius 1 is 0.933 bits per heavy atom. The maximum absolute atomic E-state index is 2.41. The van der Waals surface area contributed by atoms with Gasteiger partial charge in [0.15, 0.2) is 0 Å². The Labute approximate surface area is 98.2 Å². The third-order valence-electron chi connectivity index (χ3n) is 3.06. The summed E-state index contributed by atoms with van der Waals surface area (Å²) in [7, 11) is 4.44. The van der Waals surface area contributed by atoms with Crippen LogP contribution in [0.25, 0.3) is 0 Å². The molecule has 0 radical (unpaired) electrons. The Morgan fingerprint density at radius 2 is 1.40 bits per heavy atom. The minimum Gasteiger partial charge on any atom is -0.306 e. The summed E-state index contributed by atoms with van der Waals surface area (Å²) in [5, 5.41) is 0. The zero-order valence-electron chi connectivity index (χ0n) is 12.1. The molecule has 1 fully saturated rings. The van der Waals surface area contributed by atoms with Gasteiger partial charge in [0.2, 0.25) is 0 Å². The Morgan fingerprint density at radius 3 is 1.73 bits per heavy atom. The van der Waals surface area contributed by atoms with Crippen LogP contribution in [0.15, 0.2) is 0 Å². The van der Waals surface area contributed by atoms with Crippen LogP contribution in [0.5, 0.6) is 0 Å². The average molecular weight is 215 g/mol. The molecule has 2 atom stereocenters. The normalized spacial score (nSPS) is 24.8. The van der Waals surface area contributed by atoms with Crippen LogP contribution in [0, 0.1) is 5.92 Å². The van der Waals surface area contributed by atoms with Crippen molar-refractivity contribution in [3.05, 3.63) is 0 Å². The summed E-state index contributed by atoms with van der Waals surface area (Å²) in [5.74, 6) is 0.971. The summed E-state index contributed by atoms with van der Waals surface area (Å²) in [6.07, 6.45) is 7.15. The molecule has 1 nitrogen and oxygen atoms in total. The summed E-state index contributed by atoms with van der Waals surface area (Å²) in [4.78, 5) is 2.41. The van der Waals surface area contributed by atoms with Crippen molar-refractivity contribution >= 4 is 0 Å². The van der Waals surface area contributed by atoms with Crippen molar-refractivity contribution in [2.45, 2.75) is 72.8 Å². The molecule has 0 amide bonds. The predicted octanol–water partition coefficient (Wildman–Crippen LogP) is 4.57. The second-order valence-electron chi connectivity index (χ2n) is 3.98. The Kier molecular flexibility index (Phi) is 13.9. The van der Waals surface area contributed by atoms with Crippen LogP contribution in [0.3, 0.4) is 0 Å². The maximum Gasteiger partial charge on any atom is 0.0117 e. The molecule has 0 bridgehead atoms. The maximum atomic E-state index is 2.41. The van der Waals surface area contributed by atoms with Crippen molar-refractivity contribution in [2.24, 2.45) is 5.92 Å². The van der Waals surface area contributed by atoms with Gasteiger partial charge in [0.05, 0.1) is 0 Å². The van der Waals surface area contributed by atoms with Gasteiger partial charge in [0.1, 0.15) is 0 Å². The molecule has 1 aliphatic rings. The van der Waals surface area contributed by atoms with E-state index in [0.717, 1.165) is 12.0 Å². The molecule has 1 rings (SSSR count). The summed E-state index contributed by atoms with van der Waals surface area (Å²) in [6.45, 7) is 10.3. The van der Waals surface area contributed by atoms with Crippen molar-refractivity contribution in [3.8, 4) is 0 Å². The number of nitrogens with zero attached hydrogens (tertiary/aromatic N) is 1. The first-order chi connectivity index (χ1) is 7.25. The van der Waals surface area contributed by atoms with Gasteiger partial charge in [-0.3, -0.25) is 0 Å². The second-order valence-corrected chi connectivity index (χ2v) is 3.98. The van der Waals surface area contributed by atoms with Crippen LogP contribution in [-0.2, 0) is 0 Å². The van der Waals surface area contributed by atoms with E-state index in [1.165, 1.54) is 32.1 Å². The highest BCUT2D eigenvalue weighted by molar-refractivity contribution is 4.79. The fraction of sp³-hybridized carbons (Fsp3) is 1.00. The lowest BCUT2D eigenvalue weighted by Gasteiger charge is -2.35. The fourth-order valence-corrected chi connectivity index (χ4v) is 2.34. The van der Waals surface area contributed by atoms with Gasteiger partial charge in [-0.15, -0.1) is 0 Å². The molecule has 2 unspecified atom stereocenters. The summed E-state index contributed by atoms with van der Waals surface area (Å²) < 4.78 is 0. The first-order valence-corrected chi connectivity index (χ1v) is 6.92. The molecule has 0 aliphatic heterocycles. The van der Waals surface area contributed by atoms with Crippen LogP contribution in [0.2, 0.25) is 0 Å². The zero-order chi connectivity index (χ0) is 12.3. The van der Waals surface area contributed by atoms with Crippen molar-refractivity contribution in [1.82, 2.24) is 4.90 Å². The van der Waals surface area contributed by atoms with Crippen LogP contribution in [-0.4, -0.2) is 25.0 Å². The number of hydrogen-bond donors (Lipinski definition) is 0. The van der Waals surface area contributed by atoms with E-state index in [-0.39, 0.29) is 0 Å². The lowest BCUT2D eigenvalue weighted by atomic mass is 9.82. The summed E-state index contributed by atoms with van der Waals surface area (Å²) in [6, 6.07) is 0.869. The second kappa shape index (κ2) is 12.0. The molecular weight excluding hydrogens is 182 g/mol. The first kappa shape index (κ1) is 17.4. The highest BCUT2D eigenvalue weighted by Crippen LogP contribution is 2.29. The SMILES string of the molecule is CC.CC.CCC1CCCCC1N(C)C. The van der Waals surface area contributed by atoms with Crippen molar-refractivity contribution < 1.29 is 0 Å². The molecule has 0 aromatic heterocycles. The Hall–Kier alpha value is -0.0400. The standard InChI is InChI=1S/C10H21N.2C2H6/c1-4-9-7-5-6-8-10(9)11(2)3;2*1-2/h9-10H,4-8H2,1-3H3;2*1-2H3. The van der Waals surface area contributed by atoms with E-state index in [0.29, 0.717) is 0 Å². The van der Waals surface area contributed by atoms with Crippen LogP contribution >= 0.6 is 0 Å². The van der Waals surface area contributed by atoms with Gasteiger partial charge in [-0.05, 0) is 32.9 Å². The lowest BCUT2D eigenvalue weighted by Crippen LogP contribution is -2.37. The largest absolute Gasteiger partial charge is 0.306 e. The highest BCUT2D eigenvalue weighted by Gasteiger charge is 2.24. The van der Waals surface area contributed by atoms with Crippen molar-refractivity contribution in [2.75, 3.05) is 14.1 Å². The van der Waals surface area contributed by atoms with Crippen LogP contribution in [0.1, 0.15) is 66.7 Å². The summed E-state index contributed by atoms with van der Waals surface area (Å²) >= 11 is 0. The number of rotatable bonds is 2. The number of hydrogen-bond acceptors (Lipinski definition) is 1. The van der Waals surface area contributed by atoms with Crippen LogP contribution in [0.4, 0.5) is 0 Å². The Bertz CT molecular complexity index is 110. The molecule has 0 saturated heterocycles. The molecule has 0 spiro atoms. The minimum absolute atomic E-state index is 0.869. The lowest BCUT2D eigenvalue weighted by molar-refractivity contribution is 0.152. The van der Waals surface area contributed by atoms with Crippen molar-refractivity contribution in [3.63, 3.8) is 0 Å². The topological polar surface area (TPSA) is 3.24 Å². The van der Waals surface area contributed by atoms with E-state index in [2.05, 4.69) is 25.9 Å². The molecule has 1 heteroatoms. The monoisotopic (exact) mass is 215 g/mol. The zero-order valence-corrected chi connectivity index (χ0v) is 12.1. The fourth-order valence-electron chi connectivity index (χ4n) is 2.34. The van der Waals surface area contributed by atoms with Gasteiger partial charge in [-0.1, -0.05) is 53.9 Å². The molecular formula is C14H33N. The molecule has 1 aliphatic carbocycles. The van der Waals surface area contributed by atoms with E-state index >= 15 is 0 Å². The van der Waals surface area contributed by atoms with Crippen molar-refractivity contribution in [1.29, 1.82) is 0 Å². The Balaban J connectivity index is 0. The van der Waals surface area contributed by atoms with Gasteiger partial charge >= 0.3 is 0 Å². The summed E-state index contributed by atoms with van der Waals surface area (Å²) in [5.41, 5.74) is 0. The minimum atomic E-state index is 0.869. The molecule has 1 saturated carbocycles. The molecule has 0 aromatic carbocycles.